The third kappa shape index (κ3) is 4.05. The number of carbonyl (C=O) groups is 3. The summed E-state index contributed by atoms with van der Waals surface area (Å²) in [5.41, 5.74) is -2.08. The van der Waals surface area contributed by atoms with Gasteiger partial charge in [-0.25, -0.2) is 4.79 Å². The van der Waals surface area contributed by atoms with Crippen LogP contribution in [-0.2, 0) is 21.3 Å². The first-order chi connectivity index (χ1) is 15.7. The molecule has 1 fully saturated rings. The average molecular weight is 453 g/mol. The fourth-order valence-electron chi connectivity index (χ4n) is 3.83. The summed E-state index contributed by atoms with van der Waals surface area (Å²) >= 11 is 0. The van der Waals surface area contributed by atoms with E-state index >= 15 is 0 Å². The van der Waals surface area contributed by atoms with Crippen molar-refractivity contribution in [2.45, 2.75) is 11.7 Å². The van der Waals surface area contributed by atoms with Crippen molar-refractivity contribution >= 4 is 23.5 Å². The van der Waals surface area contributed by atoms with Crippen LogP contribution in [-0.4, -0.2) is 29.3 Å². The second-order valence-corrected chi connectivity index (χ2v) is 7.40. The maximum absolute atomic E-state index is 13.5. The number of urea groups is 1. The van der Waals surface area contributed by atoms with E-state index in [1.54, 1.807) is 60.7 Å². The number of carbonyl (C=O) groups excluding carboxylic acids is 3. The quantitative estimate of drug-likeness (QED) is 0.570. The van der Waals surface area contributed by atoms with Crippen LogP contribution in [0.2, 0.25) is 0 Å². The molecule has 1 heterocycles. The van der Waals surface area contributed by atoms with E-state index in [0.717, 1.165) is 12.1 Å². The van der Waals surface area contributed by atoms with E-state index in [1.165, 1.54) is 12.1 Å². The highest BCUT2D eigenvalue weighted by Crippen LogP contribution is 2.37. The Balaban J connectivity index is 1.64. The molecule has 4 rings (SSSR count). The predicted octanol–water partition coefficient (Wildman–Crippen LogP) is 4.14. The summed E-state index contributed by atoms with van der Waals surface area (Å²) in [4.78, 5) is 39.6. The summed E-state index contributed by atoms with van der Waals surface area (Å²) in [6, 6.07) is 20.7. The van der Waals surface area contributed by atoms with Gasteiger partial charge >= 0.3 is 12.2 Å². The van der Waals surface area contributed by atoms with Gasteiger partial charge in [0.1, 0.15) is 6.54 Å². The van der Waals surface area contributed by atoms with E-state index in [1.807, 2.05) is 0 Å². The number of nitrogens with zero attached hydrogens (tertiary/aromatic N) is 1. The zero-order valence-corrected chi connectivity index (χ0v) is 17.1. The molecular weight excluding hydrogens is 435 g/mol. The molecule has 3 aromatic rings. The molecule has 33 heavy (non-hydrogen) atoms. The minimum atomic E-state index is -4.68. The van der Waals surface area contributed by atoms with E-state index in [4.69, 9.17) is 0 Å². The fourth-order valence-corrected chi connectivity index (χ4v) is 3.83. The number of hydrogen-bond donors (Lipinski definition) is 2. The molecular formula is C24H18F3N3O3. The zero-order valence-electron chi connectivity index (χ0n) is 17.1. The smallest absolute Gasteiger partial charge is 0.324 e. The minimum absolute atomic E-state index is 0.459. The number of benzene rings is 3. The average Bonchev–Trinajstić information content (AvgIpc) is 3.05. The minimum Gasteiger partial charge on any atom is -0.324 e. The molecule has 0 radical (unpaired) electrons. The molecule has 0 bridgehead atoms. The van der Waals surface area contributed by atoms with Crippen LogP contribution < -0.4 is 10.6 Å². The van der Waals surface area contributed by atoms with Gasteiger partial charge in [0.05, 0.1) is 11.3 Å². The lowest BCUT2D eigenvalue weighted by atomic mass is 9.82. The maximum Gasteiger partial charge on any atom is 0.418 e. The number of para-hydroxylation sites is 1. The van der Waals surface area contributed by atoms with Crippen molar-refractivity contribution in [3.8, 4) is 0 Å². The molecule has 0 spiro atoms. The first kappa shape index (κ1) is 22.1. The number of amides is 4. The normalized spacial score (nSPS) is 15.3. The van der Waals surface area contributed by atoms with Crippen molar-refractivity contribution in [1.29, 1.82) is 0 Å². The van der Waals surface area contributed by atoms with E-state index in [9.17, 15) is 27.6 Å². The van der Waals surface area contributed by atoms with Crippen molar-refractivity contribution in [1.82, 2.24) is 10.2 Å². The number of rotatable bonds is 5. The summed E-state index contributed by atoms with van der Waals surface area (Å²) in [7, 11) is 0. The number of alkyl halides is 3. The second kappa shape index (κ2) is 8.42. The molecule has 9 heteroatoms. The molecule has 1 aliphatic heterocycles. The Bertz CT molecular complexity index is 1160. The molecule has 0 atom stereocenters. The monoisotopic (exact) mass is 453 g/mol. The van der Waals surface area contributed by atoms with Crippen molar-refractivity contribution < 1.29 is 27.6 Å². The van der Waals surface area contributed by atoms with Crippen LogP contribution in [0.5, 0.6) is 0 Å². The van der Waals surface area contributed by atoms with E-state index in [-0.39, 0.29) is 0 Å². The topological polar surface area (TPSA) is 78.5 Å². The number of imide groups is 1. The van der Waals surface area contributed by atoms with Crippen LogP contribution >= 0.6 is 0 Å². The van der Waals surface area contributed by atoms with Crippen LogP contribution in [0.15, 0.2) is 84.9 Å². The molecule has 0 aromatic heterocycles. The van der Waals surface area contributed by atoms with Gasteiger partial charge in [-0.1, -0.05) is 72.8 Å². The lowest BCUT2D eigenvalue weighted by Gasteiger charge is -2.28. The van der Waals surface area contributed by atoms with E-state index in [0.29, 0.717) is 16.0 Å². The van der Waals surface area contributed by atoms with Crippen molar-refractivity contribution in [3.63, 3.8) is 0 Å². The molecule has 1 aliphatic rings. The molecule has 0 saturated carbocycles. The van der Waals surface area contributed by atoms with Gasteiger partial charge in [0.15, 0.2) is 5.54 Å². The van der Waals surface area contributed by atoms with Crippen LogP contribution in [0.25, 0.3) is 0 Å². The lowest BCUT2D eigenvalue weighted by molar-refractivity contribution is -0.137. The van der Waals surface area contributed by atoms with Gasteiger partial charge in [0.25, 0.3) is 5.91 Å². The molecule has 0 unspecified atom stereocenters. The van der Waals surface area contributed by atoms with Crippen LogP contribution in [0.3, 0.4) is 0 Å². The van der Waals surface area contributed by atoms with Crippen molar-refractivity contribution in [2.24, 2.45) is 0 Å². The first-order valence-electron chi connectivity index (χ1n) is 9.95. The van der Waals surface area contributed by atoms with Crippen LogP contribution in [0.4, 0.5) is 23.7 Å². The van der Waals surface area contributed by atoms with Gasteiger partial charge < -0.3 is 10.6 Å². The Morgan fingerprint density at radius 1 is 0.848 bits per heavy atom. The Kier molecular flexibility index (Phi) is 5.63. The molecule has 2 N–H and O–H groups in total. The van der Waals surface area contributed by atoms with E-state index in [2.05, 4.69) is 10.6 Å². The third-order valence-electron chi connectivity index (χ3n) is 5.33. The molecule has 1 saturated heterocycles. The highest BCUT2D eigenvalue weighted by molar-refractivity contribution is 6.12. The highest BCUT2D eigenvalue weighted by Gasteiger charge is 2.54. The number of nitrogens with one attached hydrogen (secondary N) is 2. The summed E-state index contributed by atoms with van der Waals surface area (Å²) in [6.07, 6.45) is -4.68. The predicted molar refractivity (Wildman–Crippen MR) is 114 cm³/mol. The summed E-state index contributed by atoms with van der Waals surface area (Å²) in [5, 5.41) is 4.84. The molecule has 0 aliphatic carbocycles. The summed E-state index contributed by atoms with van der Waals surface area (Å²) in [6.45, 7) is -0.752. The van der Waals surface area contributed by atoms with Gasteiger partial charge in [-0.2, -0.15) is 13.2 Å². The van der Waals surface area contributed by atoms with Gasteiger partial charge in [0.2, 0.25) is 5.91 Å². The highest BCUT2D eigenvalue weighted by atomic mass is 19.4. The van der Waals surface area contributed by atoms with Crippen LogP contribution in [0.1, 0.15) is 16.7 Å². The number of halogens is 3. The summed E-state index contributed by atoms with van der Waals surface area (Å²) < 4.78 is 39.7. The largest absolute Gasteiger partial charge is 0.418 e. The van der Waals surface area contributed by atoms with Crippen molar-refractivity contribution in [2.75, 3.05) is 11.9 Å². The fraction of sp³-hybridized carbons (Fsp3) is 0.125. The third-order valence-corrected chi connectivity index (χ3v) is 5.33. The molecule has 6 nitrogen and oxygen atoms in total. The number of anilines is 1. The van der Waals surface area contributed by atoms with Gasteiger partial charge in [-0.05, 0) is 23.3 Å². The molecule has 168 valence electrons. The Hall–Kier alpha value is -4.14. The summed E-state index contributed by atoms with van der Waals surface area (Å²) in [5.74, 6) is -1.64. The Morgan fingerprint density at radius 2 is 1.36 bits per heavy atom. The first-order valence-corrected chi connectivity index (χ1v) is 9.95. The van der Waals surface area contributed by atoms with Gasteiger partial charge in [-0.15, -0.1) is 0 Å². The Labute approximate surface area is 187 Å². The van der Waals surface area contributed by atoms with Gasteiger partial charge in [0, 0.05) is 0 Å². The van der Waals surface area contributed by atoms with E-state index < -0.39 is 47.4 Å². The van der Waals surface area contributed by atoms with Gasteiger partial charge in [-0.3, -0.25) is 14.5 Å². The zero-order chi connectivity index (χ0) is 23.6. The lowest BCUT2D eigenvalue weighted by Crippen LogP contribution is -2.45. The van der Waals surface area contributed by atoms with Crippen molar-refractivity contribution in [3.05, 3.63) is 102 Å². The maximum atomic E-state index is 13.5. The Morgan fingerprint density at radius 3 is 1.91 bits per heavy atom. The second-order valence-electron chi connectivity index (χ2n) is 7.40. The molecule has 4 amide bonds. The van der Waals surface area contributed by atoms with Crippen LogP contribution in [0, 0.1) is 0 Å². The standard InChI is InChI=1S/C24H18F3N3O3/c25-24(26,27)18-13-7-8-14-19(18)28-20(31)15-30-21(32)23(29-22(30)33,16-9-3-1-4-10-16)17-11-5-2-6-12-17/h1-14H,15H2,(H,28,31)(H,29,33). The molecule has 3 aromatic carbocycles. The SMILES string of the molecule is O=C(CN1C(=O)NC(c2ccccc2)(c2ccccc2)C1=O)Nc1ccccc1C(F)(F)F. The number of hydrogen-bond acceptors (Lipinski definition) is 3.